The molecule has 4 rings (SSSR count). The molecule has 1 amide bonds. The zero-order valence-corrected chi connectivity index (χ0v) is 18.7. The highest BCUT2D eigenvalue weighted by Crippen LogP contribution is 2.34. The Bertz CT molecular complexity index is 1440. The average molecular weight is 495 g/mol. The lowest BCUT2D eigenvalue weighted by atomic mass is 10.2. The molecule has 0 radical (unpaired) electrons. The number of rotatable bonds is 4. The average Bonchev–Trinajstić information content (AvgIpc) is 2.89. The summed E-state index contributed by atoms with van der Waals surface area (Å²) in [6.07, 6.45) is 1.35. The summed E-state index contributed by atoms with van der Waals surface area (Å²) in [7, 11) is -7.66. The van der Waals surface area contributed by atoms with Crippen LogP contribution in [0.4, 0.5) is 10.2 Å². The number of halogens is 1. The topological polar surface area (TPSA) is 147 Å². The summed E-state index contributed by atoms with van der Waals surface area (Å²) in [5.74, 6) is -3.56. The fraction of sp³-hybridized carbons (Fsp3) is 0.250. The minimum atomic E-state index is -4.08. The number of benzene rings is 1. The van der Waals surface area contributed by atoms with Gasteiger partial charge in [-0.3, -0.25) is 14.1 Å². The van der Waals surface area contributed by atoms with Crippen LogP contribution < -0.4 is 9.62 Å². The summed E-state index contributed by atoms with van der Waals surface area (Å²) in [5.41, 5.74) is 0.0565. The Balaban J connectivity index is 1.76. The van der Waals surface area contributed by atoms with Gasteiger partial charge in [-0.1, -0.05) is 12.1 Å². The van der Waals surface area contributed by atoms with Crippen molar-refractivity contribution in [1.82, 2.24) is 15.3 Å². The van der Waals surface area contributed by atoms with Crippen LogP contribution in [0.2, 0.25) is 0 Å². The summed E-state index contributed by atoms with van der Waals surface area (Å²) >= 11 is 0. The molecule has 3 heterocycles. The zero-order valence-electron chi connectivity index (χ0n) is 17.1. The Kier molecular flexibility index (Phi) is 5.93. The van der Waals surface area contributed by atoms with E-state index < -0.39 is 60.3 Å². The smallest absolute Gasteiger partial charge is 0.274 e. The minimum Gasteiger partial charge on any atom is -0.504 e. The molecule has 13 heteroatoms. The largest absolute Gasteiger partial charge is 0.504 e. The van der Waals surface area contributed by atoms with Gasteiger partial charge in [0, 0.05) is 24.7 Å². The second kappa shape index (κ2) is 8.56. The SMILES string of the molecule is O=C(NCc1ccc(F)cc1)c1nc(N2CCS(=O)(=O)CCS2(=O)=O)c2cccnc2c1O. The molecule has 0 bridgehead atoms. The lowest BCUT2D eigenvalue weighted by Crippen LogP contribution is -2.35. The molecule has 1 saturated heterocycles. The van der Waals surface area contributed by atoms with Gasteiger partial charge in [0.15, 0.2) is 27.1 Å². The van der Waals surface area contributed by atoms with Crippen molar-refractivity contribution < 1.29 is 31.1 Å². The summed E-state index contributed by atoms with van der Waals surface area (Å²) in [5, 5.41) is 13.3. The molecule has 0 unspecified atom stereocenters. The Labute approximate surface area is 189 Å². The number of sulfonamides is 1. The quantitative estimate of drug-likeness (QED) is 0.545. The molecule has 1 aromatic carbocycles. The van der Waals surface area contributed by atoms with Crippen LogP contribution in [0.5, 0.6) is 5.75 Å². The summed E-state index contributed by atoms with van der Waals surface area (Å²) in [6, 6.07) is 8.38. The predicted octanol–water partition coefficient (Wildman–Crippen LogP) is 0.969. The number of amides is 1. The van der Waals surface area contributed by atoms with Crippen molar-refractivity contribution >= 4 is 42.5 Å². The molecule has 2 N–H and O–H groups in total. The van der Waals surface area contributed by atoms with Crippen molar-refractivity contribution in [3.63, 3.8) is 0 Å². The second-order valence-corrected chi connectivity index (χ2v) is 11.7. The number of pyridine rings is 2. The van der Waals surface area contributed by atoms with Crippen molar-refractivity contribution in [3.8, 4) is 5.75 Å². The van der Waals surface area contributed by atoms with Gasteiger partial charge >= 0.3 is 0 Å². The van der Waals surface area contributed by atoms with E-state index in [1.165, 1.54) is 42.6 Å². The van der Waals surface area contributed by atoms with E-state index in [1.807, 2.05) is 0 Å². The third-order valence-corrected chi connectivity index (χ3v) is 8.76. The normalized spacial score (nSPS) is 17.4. The van der Waals surface area contributed by atoms with Crippen LogP contribution >= 0.6 is 0 Å². The van der Waals surface area contributed by atoms with Crippen LogP contribution in [-0.2, 0) is 26.4 Å². The fourth-order valence-corrected chi connectivity index (χ4v) is 7.00. The molecular weight excluding hydrogens is 475 g/mol. The number of aromatic hydroxyl groups is 1. The van der Waals surface area contributed by atoms with Gasteiger partial charge in [0.2, 0.25) is 10.0 Å². The lowest BCUT2D eigenvalue weighted by Gasteiger charge is -2.23. The van der Waals surface area contributed by atoms with E-state index in [0.29, 0.717) is 5.56 Å². The Morgan fingerprint density at radius 1 is 1.09 bits per heavy atom. The number of hydrogen-bond donors (Lipinski definition) is 2. The molecule has 0 atom stereocenters. The number of sulfone groups is 1. The number of anilines is 1. The van der Waals surface area contributed by atoms with Crippen molar-refractivity contribution in [2.45, 2.75) is 6.54 Å². The number of aromatic nitrogens is 2. The van der Waals surface area contributed by atoms with Gasteiger partial charge in [-0.15, -0.1) is 0 Å². The molecule has 33 heavy (non-hydrogen) atoms. The van der Waals surface area contributed by atoms with Crippen LogP contribution in [0, 0.1) is 5.82 Å². The molecule has 1 fully saturated rings. The Morgan fingerprint density at radius 2 is 1.82 bits per heavy atom. The number of nitrogens with one attached hydrogen (secondary N) is 1. The van der Waals surface area contributed by atoms with Crippen LogP contribution in [-0.4, -0.2) is 61.6 Å². The third-order valence-electron chi connectivity index (χ3n) is 5.13. The molecule has 2 aromatic heterocycles. The molecule has 174 valence electrons. The number of nitrogens with zero attached hydrogens (tertiary/aromatic N) is 3. The van der Waals surface area contributed by atoms with E-state index >= 15 is 0 Å². The van der Waals surface area contributed by atoms with Crippen molar-refractivity contribution in [3.05, 3.63) is 59.7 Å². The fourth-order valence-electron chi connectivity index (χ4n) is 3.37. The first kappa shape index (κ1) is 22.9. The highest BCUT2D eigenvalue weighted by atomic mass is 32.2. The molecular formula is C20H19FN4O6S2. The maximum absolute atomic E-state index is 13.1. The van der Waals surface area contributed by atoms with Gasteiger partial charge < -0.3 is 10.4 Å². The van der Waals surface area contributed by atoms with Crippen LogP contribution in [0.15, 0.2) is 42.6 Å². The number of carbonyl (C=O) groups excluding carboxylic acids is 1. The Hall–Kier alpha value is -3.32. The number of hydrogen-bond acceptors (Lipinski definition) is 8. The van der Waals surface area contributed by atoms with Crippen molar-refractivity contribution in [2.24, 2.45) is 0 Å². The minimum absolute atomic E-state index is 0.00389. The summed E-state index contributed by atoms with van der Waals surface area (Å²) < 4.78 is 63.7. The molecule has 3 aromatic rings. The van der Waals surface area contributed by atoms with Gasteiger partial charge in [-0.2, -0.15) is 0 Å². The molecule has 0 saturated carbocycles. The maximum atomic E-state index is 13.1. The second-order valence-electron chi connectivity index (χ2n) is 7.38. The summed E-state index contributed by atoms with van der Waals surface area (Å²) in [6.45, 7) is -0.390. The van der Waals surface area contributed by atoms with Crippen LogP contribution in [0.3, 0.4) is 0 Å². The first-order chi connectivity index (χ1) is 15.6. The first-order valence-electron chi connectivity index (χ1n) is 9.78. The lowest BCUT2D eigenvalue weighted by molar-refractivity contribution is 0.0943. The molecule has 0 spiro atoms. The highest BCUT2D eigenvalue weighted by molar-refractivity contribution is 7.96. The van der Waals surface area contributed by atoms with Crippen molar-refractivity contribution in [2.75, 3.05) is 28.1 Å². The van der Waals surface area contributed by atoms with Crippen molar-refractivity contribution in [1.29, 1.82) is 0 Å². The zero-order chi connectivity index (χ0) is 23.8. The van der Waals surface area contributed by atoms with E-state index in [2.05, 4.69) is 15.3 Å². The van der Waals surface area contributed by atoms with Gasteiger partial charge in [-0.25, -0.2) is 26.2 Å². The van der Waals surface area contributed by atoms with Gasteiger partial charge in [0.25, 0.3) is 5.91 Å². The standard InChI is InChI=1S/C20H19FN4O6S2/c21-14-5-3-13(4-6-14)12-23-20(27)17-18(26)16-15(2-1-7-22-16)19(24-17)25-8-9-32(28,29)10-11-33(25,30)31/h1-7,26H,8-12H2,(H,23,27). The van der Waals surface area contributed by atoms with E-state index in [1.54, 1.807) is 0 Å². The predicted molar refractivity (Wildman–Crippen MR) is 119 cm³/mol. The van der Waals surface area contributed by atoms with Crippen LogP contribution in [0.25, 0.3) is 10.9 Å². The molecule has 1 aliphatic rings. The number of carbonyl (C=O) groups is 1. The van der Waals surface area contributed by atoms with Gasteiger partial charge in [0.05, 0.1) is 17.3 Å². The van der Waals surface area contributed by atoms with Gasteiger partial charge in [-0.05, 0) is 29.8 Å². The molecule has 1 aliphatic heterocycles. The van der Waals surface area contributed by atoms with E-state index in [9.17, 15) is 31.1 Å². The maximum Gasteiger partial charge on any atom is 0.274 e. The van der Waals surface area contributed by atoms with Crippen LogP contribution in [0.1, 0.15) is 16.1 Å². The summed E-state index contributed by atoms with van der Waals surface area (Å²) in [4.78, 5) is 21.0. The monoisotopic (exact) mass is 494 g/mol. The Morgan fingerprint density at radius 3 is 2.55 bits per heavy atom. The van der Waals surface area contributed by atoms with Gasteiger partial charge in [0.1, 0.15) is 11.3 Å². The molecule has 10 nitrogen and oxygen atoms in total. The molecule has 0 aliphatic carbocycles. The van der Waals surface area contributed by atoms with E-state index in [0.717, 1.165) is 4.31 Å². The first-order valence-corrected chi connectivity index (χ1v) is 13.2. The van der Waals surface area contributed by atoms with E-state index in [-0.39, 0.29) is 29.8 Å². The highest BCUT2D eigenvalue weighted by Gasteiger charge is 2.34. The van der Waals surface area contributed by atoms with E-state index in [4.69, 9.17) is 0 Å². The third kappa shape index (κ3) is 4.73. The number of fused-ring (bicyclic) bond motifs is 1.